The van der Waals surface area contributed by atoms with Crippen LogP contribution in [0.25, 0.3) is 0 Å². The van der Waals surface area contributed by atoms with Gasteiger partial charge in [0.05, 0.1) is 13.7 Å². The van der Waals surface area contributed by atoms with Crippen molar-refractivity contribution in [2.24, 2.45) is 5.73 Å². The molecule has 0 fully saturated rings. The molecule has 4 heteroatoms. The summed E-state index contributed by atoms with van der Waals surface area (Å²) in [5, 5.41) is 0. The number of carbonyl (C=O) groups is 1. The third kappa shape index (κ3) is 6.86. The summed E-state index contributed by atoms with van der Waals surface area (Å²) in [5.74, 6) is -0.161. The third-order valence-corrected chi connectivity index (χ3v) is 2.05. The quantitative estimate of drug-likeness (QED) is 0.463. The van der Waals surface area contributed by atoms with Gasteiger partial charge in [-0.25, -0.2) is 0 Å². The predicted molar refractivity (Wildman–Crippen MR) is 57.0 cm³/mol. The first-order chi connectivity index (χ1) is 6.74. The fourth-order valence-electron chi connectivity index (χ4n) is 1.31. The summed E-state index contributed by atoms with van der Waals surface area (Å²) in [6.45, 7) is 5.10. The lowest BCUT2D eigenvalue weighted by molar-refractivity contribution is -0.141. The normalized spacial score (nSPS) is 10.6. The van der Waals surface area contributed by atoms with E-state index < -0.39 is 0 Å². The molecule has 2 N–H and O–H groups in total. The second-order valence-electron chi connectivity index (χ2n) is 3.35. The van der Waals surface area contributed by atoms with Crippen molar-refractivity contribution in [3.63, 3.8) is 0 Å². The van der Waals surface area contributed by atoms with E-state index in [9.17, 15) is 4.79 Å². The van der Waals surface area contributed by atoms with Crippen LogP contribution < -0.4 is 5.73 Å². The Kier molecular flexibility index (Phi) is 8.57. The van der Waals surface area contributed by atoms with Crippen molar-refractivity contribution in [1.82, 2.24) is 4.90 Å². The topological polar surface area (TPSA) is 55.6 Å². The molecule has 0 aliphatic heterocycles. The van der Waals surface area contributed by atoms with E-state index in [0.717, 1.165) is 38.9 Å². The second-order valence-corrected chi connectivity index (χ2v) is 3.35. The second kappa shape index (κ2) is 8.97. The average molecular weight is 202 g/mol. The molecule has 0 aliphatic rings. The first-order valence-electron chi connectivity index (χ1n) is 5.23. The number of hydrogen-bond acceptors (Lipinski definition) is 4. The van der Waals surface area contributed by atoms with Crippen LogP contribution in [0, 0.1) is 0 Å². The van der Waals surface area contributed by atoms with Gasteiger partial charge in [-0.2, -0.15) is 0 Å². The van der Waals surface area contributed by atoms with Gasteiger partial charge in [0.15, 0.2) is 0 Å². The first kappa shape index (κ1) is 13.4. The largest absolute Gasteiger partial charge is 0.468 e. The van der Waals surface area contributed by atoms with Crippen molar-refractivity contribution in [3.05, 3.63) is 0 Å². The Morgan fingerprint density at radius 2 is 2.07 bits per heavy atom. The minimum atomic E-state index is -0.161. The number of ether oxygens (including phenoxy) is 1. The smallest absolute Gasteiger partial charge is 0.319 e. The van der Waals surface area contributed by atoms with E-state index in [4.69, 9.17) is 5.73 Å². The Morgan fingerprint density at radius 1 is 1.36 bits per heavy atom. The van der Waals surface area contributed by atoms with Crippen LogP contribution >= 0.6 is 0 Å². The number of nitrogens with zero attached hydrogens (tertiary/aromatic N) is 1. The highest BCUT2D eigenvalue weighted by Crippen LogP contribution is 1.97. The highest BCUT2D eigenvalue weighted by molar-refractivity contribution is 5.71. The molecule has 14 heavy (non-hydrogen) atoms. The number of esters is 1. The van der Waals surface area contributed by atoms with Gasteiger partial charge in [-0.3, -0.25) is 9.69 Å². The zero-order chi connectivity index (χ0) is 10.8. The Hall–Kier alpha value is -0.610. The molecule has 0 amide bonds. The molecule has 0 aromatic heterocycles. The number of methoxy groups -OCH3 is 1. The number of hydrogen-bond donors (Lipinski definition) is 1. The summed E-state index contributed by atoms with van der Waals surface area (Å²) >= 11 is 0. The molecular weight excluding hydrogens is 180 g/mol. The van der Waals surface area contributed by atoms with Crippen LogP contribution in [0.2, 0.25) is 0 Å². The minimum absolute atomic E-state index is 0.161. The monoisotopic (exact) mass is 202 g/mol. The van der Waals surface area contributed by atoms with Gasteiger partial charge in [0.1, 0.15) is 0 Å². The molecule has 0 aromatic carbocycles. The van der Waals surface area contributed by atoms with Crippen molar-refractivity contribution >= 4 is 5.97 Å². The Morgan fingerprint density at radius 3 is 2.57 bits per heavy atom. The molecular formula is C10H22N2O2. The fraction of sp³-hybridized carbons (Fsp3) is 0.900. The predicted octanol–water partition coefficient (Wildman–Crippen LogP) is 0.610. The number of nitrogens with two attached hydrogens (primary N) is 1. The van der Waals surface area contributed by atoms with Crippen molar-refractivity contribution in [2.75, 3.05) is 33.3 Å². The number of carbonyl (C=O) groups excluding carboxylic acids is 1. The van der Waals surface area contributed by atoms with E-state index >= 15 is 0 Å². The van der Waals surface area contributed by atoms with Gasteiger partial charge in [0.25, 0.3) is 0 Å². The van der Waals surface area contributed by atoms with Crippen LogP contribution in [0.5, 0.6) is 0 Å². The van der Waals surface area contributed by atoms with Crippen LogP contribution in [-0.2, 0) is 9.53 Å². The van der Waals surface area contributed by atoms with Gasteiger partial charge in [-0.1, -0.05) is 6.92 Å². The van der Waals surface area contributed by atoms with Gasteiger partial charge < -0.3 is 10.5 Å². The van der Waals surface area contributed by atoms with E-state index in [2.05, 4.69) is 16.6 Å². The van der Waals surface area contributed by atoms with Gasteiger partial charge >= 0.3 is 5.97 Å². The zero-order valence-corrected chi connectivity index (χ0v) is 9.29. The molecule has 0 rings (SSSR count). The summed E-state index contributed by atoms with van der Waals surface area (Å²) in [5.41, 5.74) is 5.41. The minimum Gasteiger partial charge on any atom is -0.468 e. The molecule has 0 atom stereocenters. The van der Waals surface area contributed by atoms with Crippen LogP contribution in [0.15, 0.2) is 0 Å². The molecule has 0 radical (unpaired) electrons. The first-order valence-corrected chi connectivity index (χ1v) is 5.23. The van der Waals surface area contributed by atoms with E-state index in [1.165, 1.54) is 7.11 Å². The molecule has 0 bridgehead atoms. The van der Waals surface area contributed by atoms with Gasteiger partial charge in [-0.15, -0.1) is 0 Å². The number of unbranched alkanes of at least 4 members (excludes halogenated alkanes) is 1. The van der Waals surface area contributed by atoms with Crippen molar-refractivity contribution < 1.29 is 9.53 Å². The molecule has 0 spiro atoms. The van der Waals surface area contributed by atoms with E-state index in [0.29, 0.717) is 6.54 Å². The third-order valence-electron chi connectivity index (χ3n) is 2.05. The van der Waals surface area contributed by atoms with Crippen molar-refractivity contribution in [2.45, 2.75) is 26.2 Å². The molecule has 0 heterocycles. The maximum atomic E-state index is 11.0. The van der Waals surface area contributed by atoms with Gasteiger partial charge in [0, 0.05) is 0 Å². The molecule has 0 aliphatic carbocycles. The lowest BCUT2D eigenvalue weighted by Gasteiger charge is -2.19. The summed E-state index contributed by atoms with van der Waals surface area (Å²) in [6.07, 6.45) is 3.12. The van der Waals surface area contributed by atoms with E-state index in [-0.39, 0.29) is 5.97 Å². The molecule has 84 valence electrons. The SMILES string of the molecule is CCCN(CCCCN)CC(=O)OC. The molecule has 0 unspecified atom stereocenters. The van der Waals surface area contributed by atoms with Crippen molar-refractivity contribution in [3.8, 4) is 0 Å². The summed E-state index contributed by atoms with van der Waals surface area (Å²) in [4.78, 5) is 13.2. The van der Waals surface area contributed by atoms with Crippen LogP contribution in [0.4, 0.5) is 0 Å². The molecule has 0 saturated heterocycles. The molecule has 4 nitrogen and oxygen atoms in total. The summed E-state index contributed by atoms with van der Waals surface area (Å²) in [6, 6.07) is 0. The standard InChI is InChI=1S/C10H22N2O2/c1-3-7-12(8-5-4-6-11)9-10(13)14-2/h3-9,11H2,1-2H3. The van der Waals surface area contributed by atoms with Crippen molar-refractivity contribution in [1.29, 1.82) is 0 Å². The van der Waals surface area contributed by atoms with Crippen LogP contribution in [0.3, 0.4) is 0 Å². The molecule has 0 saturated carbocycles. The van der Waals surface area contributed by atoms with E-state index in [1.807, 2.05) is 0 Å². The Labute approximate surface area is 86.4 Å². The lowest BCUT2D eigenvalue weighted by Crippen LogP contribution is -2.32. The fourth-order valence-corrected chi connectivity index (χ4v) is 1.31. The highest BCUT2D eigenvalue weighted by atomic mass is 16.5. The maximum Gasteiger partial charge on any atom is 0.319 e. The molecule has 0 aromatic rings. The van der Waals surface area contributed by atoms with Crippen LogP contribution in [-0.4, -0.2) is 44.2 Å². The summed E-state index contributed by atoms with van der Waals surface area (Å²) in [7, 11) is 1.42. The van der Waals surface area contributed by atoms with Gasteiger partial charge in [-0.05, 0) is 38.9 Å². The Bertz CT molecular complexity index is 151. The van der Waals surface area contributed by atoms with Gasteiger partial charge in [0.2, 0.25) is 0 Å². The Balaban J connectivity index is 3.70. The zero-order valence-electron chi connectivity index (χ0n) is 9.29. The maximum absolute atomic E-state index is 11.0. The van der Waals surface area contributed by atoms with Crippen LogP contribution in [0.1, 0.15) is 26.2 Å². The number of rotatable bonds is 8. The van der Waals surface area contributed by atoms with E-state index in [1.54, 1.807) is 0 Å². The summed E-state index contributed by atoms with van der Waals surface area (Å²) < 4.78 is 4.63. The highest BCUT2D eigenvalue weighted by Gasteiger charge is 2.08. The average Bonchev–Trinajstić information content (AvgIpc) is 2.18. The lowest BCUT2D eigenvalue weighted by atomic mass is 10.3.